The Kier molecular flexibility index (Phi) is 5.98. The first-order valence-corrected chi connectivity index (χ1v) is 11.9. The molecule has 0 bridgehead atoms. The molecular weight excluding hydrogens is 418 g/mol. The standard InChI is InChI=1S/C26H29N3O4/c30-24(22-15-20-4-8-25(31)28-14-11-21(16-22)26(20)28)7-3-18-9-12-27(13-10-18)17-19-1-5-23(6-2-19)29(32)33/h1-2,5-6,15-16,18H,3-4,7-14,17H2. The van der Waals surface area contributed by atoms with Crippen LogP contribution in [0.5, 0.6) is 0 Å². The predicted octanol–water partition coefficient (Wildman–Crippen LogP) is 4.31. The summed E-state index contributed by atoms with van der Waals surface area (Å²) in [5.74, 6) is 0.987. The lowest BCUT2D eigenvalue weighted by molar-refractivity contribution is -0.384. The molecule has 1 saturated heterocycles. The highest BCUT2D eigenvalue weighted by molar-refractivity contribution is 6.02. The van der Waals surface area contributed by atoms with Gasteiger partial charge in [0.1, 0.15) is 0 Å². The molecule has 2 aromatic rings. The van der Waals surface area contributed by atoms with Crippen LogP contribution in [0.1, 0.15) is 59.2 Å². The predicted molar refractivity (Wildman–Crippen MR) is 125 cm³/mol. The van der Waals surface area contributed by atoms with Crippen LogP contribution in [-0.4, -0.2) is 41.1 Å². The van der Waals surface area contributed by atoms with Crippen molar-refractivity contribution < 1.29 is 14.5 Å². The van der Waals surface area contributed by atoms with Crippen LogP contribution in [0.4, 0.5) is 11.4 Å². The summed E-state index contributed by atoms with van der Waals surface area (Å²) >= 11 is 0. The van der Waals surface area contributed by atoms with Gasteiger partial charge in [-0.05, 0) is 79.9 Å². The number of nitro benzene ring substituents is 1. The van der Waals surface area contributed by atoms with Gasteiger partial charge >= 0.3 is 0 Å². The Labute approximate surface area is 193 Å². The van der Waals surface area contributed by atoms with Crippen LogP contribution in [0.25, 0.3) is 0 Å². The van der Waals surface area contributed by atoms with Gasteiger partial charge in [-0.3, -0.25) is 24.6 Å². The van der Waals surface area contributed by atoms with Crippen molar-refractivity contribution in [1.29, 1.82) is 0 Å². The largest absolute Gasteiger partial charge is 0.312 e. The Bertz CT molecular complexity index is 1090. The summed E-state index contributed by atoms with van der Waals surface area (Å²) in [6, 6.07) is 10.8. The van der Waals surface area contributed by atoms with Crippen LogP contribution in [-0.2, 0) is 24.2 Å². The highest BCUT2D eigenvalue weighted by atomic mass is 16.6. The fourth-order valence-electron chi connectivity index (χ4n) is 5.51. The van der Waals surface area contributed by atoms with Gasteiger partial charge in [0.15, 0.2) is 5.78 Å². The smallest absolute Gasteiger partial charge is 0.269 e. The summed E-state index contributed by atoms with van der Waals surface area (Å²) in [4.78, 5) is 39.8. The van der Waals surface area contributed by atoms with E-state index in [1.54, 1.807) is 12.1 Å². The Hall–Kier alpha value is -3.06. The van der Waals surface area contributed by atoms with Gasteiger partial charge in [0.2, 0.25) is 5.91 Å². The highest BCUT2D eigenvalue weighted by Gasteiger charge is 2.32. The monoisotopic (exact) mass is 447 g/mol. The van der Waals surface area contributed by atoms with Crippen molar-refractivity contribution in [2.75, 3.05) is 24.5 Å². The van der Waals surface area contributed by atoms with E-state index < -0.39 is 0 Å². The molecular formula is C26H29N3O4. The number of Topliss-reactive ketones (excluding diaryl/α,β-unsaturated/α-hetero) is 1. The number of nitro groups is 1. The Balaban J connectivity index is 1.12. The lowest BCUT2D eigenvalue weighted by Gasteiger charge is -2.32. The number of carbonyl (C=O) groups is 2. The van der Waals surface area contributed by atoms with E-state index in [1.807, 2.05) is 29.2 Å². The number of likely N-dealkylation sites (tertiary alicyclic amines) is 1. The van der Waals surface area contributed by atoms with E-state index in [1.165, 1.54) is 0 Å². The molecule has 1 amide bonds. The maximum absolute atomic E-state index is 13.0. The molecule has 2 aromatic carbocycles. The molecule has 0 aliphatic carbocycles. The van der Waals surface area contributed by atoms with E-state index in [9.17, 15) is 19.7 Å². The van der Waals surface area contributed by atoms with E-state index in [0.717, 1.165) is 86.2 Å². The van der Waals surface area contributed by atoms with Gasteiger partial charge in [0.25, 0.3) is 5.69 Å². The van der Waals surface area contributed by atoms with Crippen LogP contribution in [0.3, 0.4) is 0 Å². The third kappa shape index (κ3) is 4.55. The van der Waals surface area contributed by atoms with Crippen molar-refractivity contribution >= 4 is 23.1 Å². The fraction of sp³-hybridized carbons (Fsp3) is 0.462. The van der Waals surface area contributed by atoms with Gasteiger partial charge in [-0.2, -0.15) is 0 Å². The van der Waals surface area contributed by atoms with Crippen LogP contribution in [0.15, 0.2) is 36.4 Å². The van der Waals surface area contributed by atoms with Gasteiger partial charge in [0.05, 0.1) is 10.6 Å². The lowest BCUT2D eigenvalue weighted by Crippen LogP contribution is -2.33. The van der Waals surface area contributed by atoms with Crippen LogP contribution in [0.2, 0.25) is 0 Å². The summed E-state index contributed by atoms with van der Waals surface area (Å²) in [7, 11) is 0. The Morgan fingerprint density at radius 3 is 2.39 bits per heavy atom. The summed E-state index contributed by atoms with van der Waals surface area (Å²) in [6.07, 6.45) is 5.78. The number of hydrogen-bond acceptors (Lipinski definition) is 5. The molecule has 0 spiro atoms. The molecule has 3 aliphatic rings. The zero-order valence-corrected chi connectivity index (χ0v) is 18.8. The molecule has 0 aromatic heterocycles. The van der Waals surface area contributed by atoms with Gasteiger partial charge in [-0.1, -0.05) is 12.1 Å². The maximum atomic E-state index is 13.0. The van der Waals surface area contributed by atoms with Crippen molar-refractivity contribution in [3.63, 3.8) is 0 Å². The van der Waals surface area contributed by atoms with Crippen molar-refractivity contribution in [2.45, 2.75) is 51.5 Å². The number of nitrogens with zero attached hydrogens (tertiary/aromatic N) is 3. The summed E-state index contributed by atoms with van der Waals surface area (Å²) < 4.78 is 0. The molecule has 33 heavy (non-hydrogen) atoms. The average molecular weight is 448 g/mol. The number of hydrogen-bond donors (Lipinski definition) is 0. The normalized spacial score (nSPS) is 18.4. The number of ketones is 1. The molecule has 172 valence electrons. The quantitative estimate of drug-likeness (QED) is 0.359. The zero-order chi connectivity index (χ0) is 22.9. The number of rotatable bonds is 7. The van der Waals surface area contributed by atoms with E-state index in [0.29, 0.717) is 18.8 Å². The first-order valence-electron chi connectivity index (χ1n) is 11.9. The third-order valence-corrected chi connectivity index (χ3v) is 7.41. The minimum atomic E-state index is -0.370. The molecule has 0 unspecified atom stereocenters. The summed E-state index contributed by atoms with van der Waals surface area (Å²) in [6.45, 7) is 3.53. The third-order valence-electron chi connectivity index (χ3n) is 7.41. The number of non-ortho nitro benzene ring substituents is 1. The number of amides is 1. The minimum absolute atomic E-state index is 0.126. The first kappa shape index (κ1) is 21.8. The second-order valence-electron chi connectivity index (χ2n) is 9.54. The van der Waals surface area contributed by atoms with Gasteiger partial charge in [-0.25, -0.2) is 0 Å². The molecule has 3 heterocycles. The van der Waals surface area contributed by atoms with Gasteiger partial charge < -0.3 is 4.90 Å². The molecule has 3 aliphatic heterocycles. The van der Waals surface area contributed by atoms with Crippen LogP contribution < -0.4 is 4.90 Å². The Morgan fingerprint density at radius 2 is 1.70 bits per heavy atom. The number of benzene rings is 2. The lowest BCUT2D eigenvalue weighted by atomic mass is 9.89. The fourth-order valence-corrected chi connectivity index (χ4v) is 5.51. The average Bonchev–Trinajstić information content (AvgIpc) is 3.26. The number of aryl methyl sites for hydroxylation is 1. The highest BCUT2D eigenvalue weighted by Crippen LogP contribution is 2.38. The van der Waals surface area contributed by atoms with E-state index in [2.05, 4.69) is 4.90 Å². The zero-order valence-electron chi connectivity index (χ0n) is 18.8. The second kappa shape index (κ2) is 9.06. The van der Waals surface area contributed by atoms with Gasteiger partial charge in [0, 0.05) is 43.6 Å². The van der Waals surface area contributed by atoms with Gasteiger partial charge in [-0.15, -0.1) is 0 Å². The molecule has 7 nitrogen and oxygen atoms in total. The minimum Gasteiger partial charge on any atom is -0.312 e. The van der Waals surface area contributed by atoms with E-state index in [4.69, 9.17) is 0 Å². The van der Waals surface area contributed by atoms with Crippen LogP contribution >= 0.6 is 0 Å². The molecule has 7 heteroatoms. The van der Waals surface area contributed by atoms with E-state index in [-0.39, 0.29) is 22.3 Å². The molecule has 0 atom stereocenters. The van der Waals surface area contributed by atoms with E-state index >= 15 is 0 Å². The SMILES string of the molecule is O=C(CCC1CCN(Cc2ccc([N+](=O)[O-])cc2)CC1)c1cc2c3c(c1)CCN3C(=O)CC2. The van der Waals surface area contributed by atoms with Crippen molar-refractivity contribution in [2.24, 2.45) is 5.92 Å². The first-order chi connectivity index (χ1) is 16.0. The molecule has 0 saturated carbocycles. The Morgan fingerprint density at radius 1 is 1.00 bits per heavy atom. The topological polar surface area (TPSA) is 83.8 Å². The van der Waals surface area contributed by atoms with Crippen molar-refractivity contribution in [3.05, 3.63) is 68.8 Å². The molecule has 1 fully saturated rings. The van der Waals surface area contributed by atoms with Crippen molar-refractivity contribution in [1.82, 2.24) is 4.90 Å². The number of carbonyl (C=O) groups excluding carboxylic acids is 2. The number of anilines is 1. The number of piperidine rings is 1. The van der Waals surface area contributed by atoms with Crippen molar-refractivity contribution in [3.8, 4) is 0 Å². The molecule has 5 rings (SSSR count). The van der Waals surface area contributed by atoms with Crippen LogP contribution in [0, 0.1) is 16.0 Å². The molecule has 0 N–H and O–H groups in total. The maximum Gasteiger partial charge on any atom is 0.269 e. The molecule has 0 radical (unpaired) electrons. The summed E-state index contributed by atoms with van der Waals surface area (Å²) in [5.41, 5.74) is 5.42. The summed E-state index contributed by atoms with van der Waals surface area (Å²) in [5, 5.41) is 10.8. The second-order valence-corrected chi connectivity index (χ2v) is 9.54.